The smallest absolute Gasteiger partial charge is 0.417 e. The summed E-state index contributed by atoms with van der Waals surface area (Å²) < 4.78 is 45.5. The zero-order valence-electron chi connectivity index (χ0n) is 18.0. The minimum atomic E-state index is -4.68. The molecule has 0 atom stereocenters. The van der Waals surface area contributed by atoms with Crippen LogP contribution in [0.15, 0.2) is 42.5 Å². The van der Waals surface area contributed by atoms with E-state index in [0.717, 1.165) is 36.3 Å². The van der Waals surface area contributed by atoms with Gasteiger partial charge < -0.3 is 9.64 Å². The number of nitrogens with zero attached hydrogens (tertiary/aromatic N) is 3. The second-order valence-corrected chi connectivity index (χ2v) is 8.34. The van der Waals surface area contributed by atoms with E-state index in [4.69, 9.17) is 27.6 Å². The summed E-state index contributed by atoms with van der Waals surface area (Å²) in [5.41, 5.74) is -1.08. The molecule has 32 heavy (non-hydrogen) atoms. The molecule has 0 unspecified atom stereocenters. The Balaban J connectivity index is 1.83. The van der Waals surface area contributed by atoms with Crippen LogP contribution in [0.2, 0.25) is 0 Å². The zero-order chi connectivity index (χ0) is 23.7. The minimum absolute atomic E-state index is 0.0849. The lowest BCUT2D eigenvalue weighted by molar-refractivity contribution is -0.137. The number of methoxy groups -OCH3 is 1. The van der Waals surface area contributed by atoms with Gasteiger partial charge in [0, 0.05) is 6.54 Å². The number of aryl methyl sites for hydroxylation is 1. The van der Waals surface area contributed by atoms with E-state index in [1.807, 2.05) is 43.0 Å². The largest absolute Gasteiger partial charge is 0.497 e. The lowest BCUT2D eigenvalue weighted by Gasteiger charge is -2.30. The topological polar surface area (TPSA) is 63.4 Å². The lowest BCUT2D eigenvalue weighted by Crippen LogP contribution is -2.44. The van der Waals surface area contributed by atoms with E-state index in [9.17, 15) is 13.2 Å². The summed E-state index contributed by atoms with van der Waals surface area (Å²) in [6, 6.07) is 12.7. The Morgan fingerprint density at radius 2 is 1.91 bits per heavy atom. The highest BCUT2D eigenvalue weighted by Gasteiger charge is 2.46. The van der Waals surface area contributed by atoms with Gasteiger partial charge in [-0.25, -0.2) is 0 Å². The molecule has 9 heteroatoms. The summed E-state index contributed by atoms with van der Waals surface area (Å²) in [6.45, 7) is 4.17. The van der Waals surface area contributed by atoms with Crippen LogP contribution in [0, 0.1) is 16.7 Å². The van der Waals surface area contributed by atoms with Crippen molar-refractivity contribution in [2.24, 2.45) is 0 Å². The number of rotatable bonds is 6. The number of hydrogen-bond acceptors (Lipinski definition) is 4. The van der Waals surface area contributed by atoms with Crippen LogP contribution < -0.4 is 9.64 Å². The predicted octanol–water partition coefficient (Wildman–Crippen LogP) is 5.38. The first-order chi connectivity index (χ1) is 15.0. The fourth-order valence-electron chi connectivity index (χ4n) is 3.74. The average Bonchev–Trinajstić information content (AvgIpc) is 2.92. The molecular weight excluding hydrogens is 437 g/mol. The summed E-state index contributed by atoms with van der Waals surface area (Å²) in [4.78, 5) is 3.20. The Morgan fingerprint density at radius 3 is 2.53 bits per heavy atom. The van der Waals surface area contributed by atoms with Crippen molar-refractivity contribution in [2.45, 2.75) is 38.4 Å². The molecule has 0 aliphatic carbocycles. The van der Waals surface area contributed by atoms with Gasteiger partial charge in [-0.15, -0.1) is 0 Å². The molecule has 1 aliphatic rings. The first-order valence-corrected chi connectivity index (χ1v) is 10.4. The van der Waals surface area contributed by atoms with Crippen LogP contribution in [0.5, 0.6) is 5.75 Å². The number of alkyl halides is 3. The van der Waals surface area contributed by atoms with Crippen LogP contribution >= 0.6 is 12.2 Å². The van der Waals surface area contributed by atoms with Crippen molar-refractivity contribution in [1.82, 2.24) is 4.90 Å². The Morgan fingerprint density at radius 1 is 1.19 bits per heavy atom. The molecule has 1 aliphatic heterocycles. The molecule has 0 saturated carbocycles. The summed E-state index contributed by atoms with van der Waals surface area (Å²) in [5.74, 6) is 0.857. The molecule has 2 aromatic rings. The number of benzene rings is 2. The van der Waals surface area contributed by atoms with Crippen LogP contribution in [0.1, 0.15) is 37.0 Å². The van der Waals surface area contributed by atoms with Crippen molar-refractivity contribution < 1.29 is 17.9 Å². The molecular formula is C23H23F3N4OS. The SMILES string of the molecule is COc1cccc(CCCN2C(=S)N(c3ccc(C#N)c(C(F)(F)F)c3)C(=N)C2(C)C)c1. The van der Waals surface area contributed by atoms with Crippen molar-refractivity contribution in [2.75, 3.05) is 18.6 Å². The van der Waals surface area contributed by atoms with Gasteiger partial charge in [0.15, 0.2) is 5.11 Å². The maximum Gasteiger partial charge on any atom is 0.417 e. The number of amidine groups is 1. The van der Waals surface area contributed by atoms with E-state index >= 15 is 0 Å². The standard InChI is InChI=1S/C23H23F3N4OS/c1-22(2)20(28)30(17-10-9-16(14-27)19(13-17)23(24,25)26)21(32)29(22)11-5-7-15-6-4-8-18(12-15)31-3/h4,6,8-10,12-13,28H,5,7,11H2,1-3H3. The van der Waals surface area contributed by atoms with Crippen molar-refractivity contribution in [3.63, 3.8) is 0 Å². The molecule has 1 fully saturated rings. The molecule has 0 bridgehead atoms. The van der Waals surface area contributed by atoms with E-state index in [1.165, 1.54) is 11.0 Å². The van der Waals surface area contributed by atoms with Crippen LogP contribution in [0.4, 0.5) is 18.9 Å². The minimum Gasteiger partial charge on any atom is -0.497 e. The molecule has 3 rings (SSSR count). The molecule has 0 aromatic heterocycles. The van der Waals surface area contributed by atoms with E-state index in [2.05, 4.69) is 0 Å². The van der Waals surface area contributed by atoms with Gasteiger partial charge in [0.05, 0.1) is 35.5 Å². The number of ether oxygens (including phenoxy) is 1. The Labute approximate surface area is 190 Å². The third-order valence-electron chi connectivity index (χ3n) is 5.57. The highest BCUT2D eigenvalue weighted by molar-refractivity contribution is 7.80. The van der Waals surface area contributed by atoms with Crippen molar-refractivity contribution in [3.8, 4) is 11.8 Å². The molecule has 2 aromatic carbocycles. The maximum atomic E-state index is 13.4. The quantitative estimate of drug-likeness (QED) is 0.587. The number of hydrogen-bond donors (Lipinski definition) is 1. The number of anilines is 1. The van der Waals surface area contributed by atoms with Crippen LogP contribution in [-0.2, 0) is 12.6 Å². The Bertz CT molecular complexity index is 1090. The van der Waals surface area contributed by atoms with E-state index in [0.29, 0.717) is 6.54 Å². The highest BCUT2D eigenvalue weighted by atomic mass is 32.1. The van der Waals surface area contributed by atoms with Crippen molar-refractivity contribution in [1.29, 1.82) is 10.7 Å². The van der Waals surface area contributed by atoms with Crippen molar-refractivity contribution in [3.05, 3.63) is 59.2 Å². The van der Waals surface area contributed by atoms with Crippen LogP contribution in [0.25, 0.3) is 0 Å². The molecule has 1 N–H and O–H groups in total. The lowest BCUT2D eigenvalue weighted by atomic mass is 10.0. The fourth-order valence-corrected chi connectivity index (χ4v) is 4.26. The fraction of sp³-hybridized carbons (Fsp3) is 0.348. The molecule has 1 heterocycles. The molecule has 1 saturated heterocycles. The summed E-state index contributed by atoms with van der Waals surface area (Å²) in [7, 11) is 1.61. The van der Waals surface area contributed by atoms with Gasteiger partial charge in [-0.05, 0) is 74.8 Å². The van der Waals surface area contributed by atoms with Gasteiger partial charge in [-0.2, -0.15) is 18.4 Å². The maximum absolute atomic E-state index is 13.4. The van der Waals surface area contributed by atoms with Crippen molar-refractivity contribution >= 4 is 28.9 Å². The second-order valence-electron chi connectivity index (χ2n) is 7.97. The van der Waals surface area contributed by atoms with E-state index < -0.39 is 22.8 Å². The molecule has 0 radical (unpaired) electrons. The number of nitriles is 1. The first-order valence-electron chi connectivity index (χ1n) is 9.95. The van der Waals surface area contributed by atoms with E-state index in [-0.39, 0.29) is 16.6 Å². The summed E-state index contributed by atoms with van der Waals surface area (Å²) in [6.07, 6.45) is -3.19. The van der Waals surface area contributed by atoms with Gasteiger partial charge >= 0.3 is 6.18 Å². The Kier molecular flexibility index (Phi) is 6.46. The van der Waals surface area contributed by atoms with Crippen LogP contribution in [0.3, 0.4) is 0 Å². The van der Waals surface area contributed by atoms with Gasteiger partial charge in [0.1, 0.15) is 11.6 Å². The average molecular weight is 461 g/mol. The van der Waals surface area contributed by atoms with Crippen LogP contribution in [-0.4, -0.2) is 35.0 Å². The molecule has 0 amide bonds. The van der Waals surface area contributed by atoms with Gasteiger partial charge in [-0.1, -0.05) is 12.1 Å². The number of halogens is 3. The zero-order valence-corrected chi connectivity index (χ0v) is 18.8. The Hall–Kier alpha value is -3.12. The van der Waals surface area contributed by atoms with E-state index in [1.54, 1.807) is 13.2 Å². The van der Waals surface area contributed by atoms with Gasteiger partial charge in [0.2, 0.25) is 0 Å². The number of nitrogens with one attached hydrogen (secondary N) is 1. The predicted molar refractivity (Wildman–Crippen MR) is 121 cm³/mol. The first kappa shape index (κ1) is 23.5. The molecule has 168 valence electrons. The normalized spacial score (nSPS) is 15.8. The van der Waals surface area contributed by atoms with Gasteiger partial charge in [0.25, 0.3) is 0 Å². The second kappa shape index (κ2) is 8.79. The molecule has 0 spiro atoms. The third-order valence-corrected chi connectivity index (χ3v) is 5.97. The summed E-state index contributed by atoms with van der Waals surface area (Å²) in [5, 5.41) is 17.9. The van der Waals surface area contributed by atoms with Gasteiger partial charge in [-0.3, -0.25) is 10.3 Å². The summed E-state index contributed by atoms with van der Waals surface area (Å²) >= 11 is 5.58. The molecule has 5 nitrogen and oxygen atoms in total. The monoisotopic (exact) mass is 460 g/mol. The highest BCUT2D eigenvalue weighted by Crippen LogP contribution is 2.38. The number of thiocarbonyl (C=S) groups is 1. The third kappa shape index (κ3) is 4.41.